The molecule has 0 unspecified atom stereocenters. The number of aromatic nitrogens is 4. The molecule has 0 aliphatic rings. The van der Waals surface area contributed by atoms with Crippen molar-refractivity contribution in [1.29, 1.82) is 0 Å². The van der Waals surface area contributed by atoms with Crippen LogP contribution in [0.1, 0.15) is 25.2 Å². The van der Waals surface area contributed by atoms with Crippen LogP contribution in [0.25, 0.3) is 0 Å². The normalized spacial score (nSPS) is 11.0. The van der Waals surface area contributed by atoms with E-state index in [0.29, 0.717) is 18.2 Å². The molecule has 1 aromatic carbocycles. The van der Waals surface area contributed by atoms with Crippen molar-refractivity contribution < 1.29 is 9.21 Å². The molecule has 0 aliphatic heterocycles. The highest BCUT2D eigenvalue weighted by atomic mass is 32.2. The predicted octanol–water partition coefficient (Wildman–Crippen LogP) is 2.84. The average Bonchev–Trinajstić information content (AvgIpc) is 3.31. The van der Waals surface area contributed by atoms with Crippen molar-refractivity contribution in [3.8, 4) is 0 Å². The van der Waals surface area contributed by atoms with E-state index >= 15 is 0 Å². The van der Waals surface area contributed by atoms with Crippen LogP contribution in [0, 0.1) is 0 Å². The van der Waals surface area contributed by atoms with Gasteiger partial charge in [-0.05, 0) is 42.0 Å². The third-order valence-corrected chi connectivity index (χ3v) is 4.79. The van der Waals surface area contributed by atoms with Gasteiger partial charge in [0.05, 0.1) is 12.0 Å². The van der Waals surface area contributed by atoms with Gasteiger partial charge < -0.3 is 9.32 Å². The van der Waals surface area contributed by atoms with E-state index in [4.69, 9.17) is 4.42 Å². The number of benzene rings is 1. The summed E-state index contributed by atoms with van der Waals surface area (Å²) in [6.07, 6.45) is 1.61. The number of amides is 1. The first-order valence-corrected chi connectivity index (χ1v) is 9.37. The number of nitrogens with zero attached hydrogens (tertiary/aromatic N) is 5. The Labute approximate surface area is 156 Å². The third kappa shape index (κ3) is 4.72. The Bertz CT molecular complexity index is 817. The average molecular weight is 371 g/mol. The molecule has 2 aromatic heterocycles. The molecule has 0 fully saturated rings. The molecule has 0 saturated carbocycles. The fourth-order valence-electron chi connectivity index (χ4n) is 2.50. The van der Waals surface area contributed by atoms with E-state index in [9.17, 15) is 4.79 Å². The van der Waals surface area contributed by atoms with Gasteiger partial charge in [0.25, 0.3) is 0 Å². The lowest BCUT2D eigenvalue weighted by molar-refractivity contribution is -0.130. The molecule has 8 heteroatoms. The van der Waals surface area contributed by atoms with E-state index < -0.39 is 0 Å². The summed E-state index contributed by atoms with van der Waals surface area (Å²) >= 11 is 1.33. The van der Waals surface area contributed by atoms with E-state index in [-0.39, 0.29) is 17.7 Å². The zero-order valence-electron chi connectivity index (χ0n) is 14.8. The standard InChI is InChI=1S/C18H21N5O2S/c1-14(2)22(11-15-7-4-3-5-8-15)17(24)13-26-18-19-20-21-23(18)12-16-9-6-10-25-16/h3-10,14H,11-13H2,1-2H3. The fourth-order valence-corrected chi connectivity index (χ4v) is 3.26. The first kappa shape index (κ1) is 18.2. The molecule has 0 spiro atoms. The second-order valence-electron chi connectivity index (χ2n) is 6.09. The maximum absolute atomic E-state index is 12.7. The molecule has 0 atom stereocenters. The van der Waals surface area contributed by atoms with Crippen LogP contribution < -0.4 is 0 Å². The van der Waals surface area contributed by atoms with Gasteiger partial charge in [0, 0.05) is 12.6 Å². The van der Waals surface area contributed by atoms with Gasteiger partial charge in [0.15, 0.2) is 0 Å². The Morgan fingerprint density at radius 2 is 2.04 bits per heavy atom. The van der Waals surface area contributed by atoms with Gasteiger partial charge >= 0.3 is 0 Å². The molecule has 3 aromatic rings. The third-order valence-electron chi connectivity index (χ3n) is 3.85. The lowest BCUT2D eigenvalue weighted by Gasteiger charge is -2.26. The largest absolute Gasteiger partial charge is 0.467 e. The summed E-state index contributed by atoms with van der Waals surface area (Å²) in [5.74, 6) is 1.10. The minimum atomic E-state index is 0.0569. The highest BCUT2D eigenvalue weighted by Crippen LogP contribution is 2.18. The highest BCUT2D eigenvalue weighted by Gasteiger charge is 2.19. The van der Waals surface area contributed by atoms with Crippen molar-refractivity contribution in [3.63, 3.8) is 0 Å². The number of carbonyl (C=O) groups excluding carboxylic acids is 1. The van der Waals surface area contributed by atoms with Gasteiger partial charge in [-0.1, -0.05) is 42.1 Å². The molecular formula is C18H21N5O2S. The van der Waals surface area contributed by atoms with Gasteiger partial charge in [0.2, 0.25) is 11.1 Å². The molecule has 0 aliphatic carbocycles. The molecule has 136 valence electrons. The van der Waals surface area contributed by atoms with E-state index in [1.807, 2.05) is 61.2 Å². The molecular weight excluding hydrogens is 350 g/mol. The molecule has 0 N–H and O–H groups in total. The van der Waals surface area contributed by atoms with E-state index in [2.05, 4.69) is 15.5 Å². The lowest BCUT2D eigenvalue weighted by atomic mass is 10.2. The van der Waals surface area contributed by atoms with Gasteiger partial charge in [-0.25, -0.2) is 4.68 Å². The summed E-state index contributed by atoms with van der Waals surface area (Å²) in [5, 5.41) is 12.3. The molecule has 3 rings (SSSR count). The minimum absolute atomic E-state index is 0.0569. The quantitative estimate of drug-likeness (QED) is 0.567. The van der Waals surface area contributed by atoms with Gasteiger partial charge in [-0.3, -0.25) is 4.79 Å². The van der Waals surface area contributed by atoms with Gasteiger partial charge in [0.1, 0.15) is 12.3 Å². The molecule has 0 bridgehead atoms. The van der Waals surface area contributed by atoms with Crippen molar-refractivity contribution in [3.05, 3.63) is 60.1 Å². The molecule has 26 heavy (non-hydrogen) atoms. The number of thioether (sulfide) groups is 1. The lowest BCUT2D eigenvalue weighted by Crippen LogP contribution is -2.37. The summed E-state index contributed by atoms with van der Waals surface area (Å²) in [6, 6.07) is 13.8. The Morgan fingerprint density at radius 3 is 2.73 bits per heavy atom. The van der Waals surface area contributed by atoms with Crippen LogP contribution in [-0.2, 0) is 17.9 Å². The first-order valence-electron chi connectivity index (χ1n) is 8.38. The van der Waals surface area contributed by atoms with Crippen LogP contribution >= 0.6 is 11.8 Å². The SMILES string of the molecule is CC(C)N(Cc1ccccc1)C(=O)CSc1nnnn1Cc1ccco1. The van der Waals surface area contributed by atoms with Crippen molar-refractivity contribution in [2.45, 2.75) is 38.1 Å². The molecule has 7 nitrogen and oxygen atoms in total. The van der Waals surface area contributed by atoms with Crippen molar-refractivity contribution in [2.75, 3.05) is 5.75 Å². The molecule has 1 amide bonds. The van der Waals surface area contributed by atoms with Crippen LogP contribution in [0.4, 0.5) is 0 Å². The zero-order valence-corrected chi connectivity index (χ0v) is 15.6. The Morgan fingerprint density at radius 1 is 1.23 bits per heavy atom. The molecule has 0 saturated heterocycles. The fraction of sp³-hybridized carbons (Fsp3) is 0.333. The van der Waals surface area contributed by atoms with Gasteiger partial charge in [-0.2, -0.15) is 0 Å². The van der Waals surface area contributed by atoms with Crippen LogP contribution in [-0.4, -0.2) is 42.8 Å². The van der Waals surface area contributed by atoms with Crippen LogP contribution in [0.5, 0.6) is 0 Å². The minimum Gasteiger partial charge on any atom is -0.467 e. The second-order valence-corrected chi connectivity index (χ2v) is 7.03. The number of rotatable bonds is 8. The summed E-state index contributed by atoms with van der Waals surface area (Å²) in [7, 11) is 0. The zero-order chi connectivity index (χ0) is 18.4. The van der Waals surface area contributed by atoms with Gasteiger partial charge in [-0.15, -0.1) is 5.10 Å². The number of tetrazole rings is 1. The van der Waals surface area contributed by atoms with Crippen LogP contribution in [0.15, 0.2) is 58.3 Å². The van der Waals surface area contributed by atoms with Crippen molar-refractivity contribution in [2.24, 2.45) is 0 Å². The number of carbonyl (C=O) groups is 1. The number of hydrogen-bond donors (Lipinski definition) is 0. The Kier molecular flexibility index (Phi) is 6.06. The maximum atomic E-state index is 12.7. The Hall–Kier alpha value is -2.61. The number of hydrogen-bond acceptors (Lipinski definition) is 6. The molecule has 2 heterocycles. The summed E-state index contributed by atoms with van der Waals surface area (Å²) in [5.41, 5.74) is 1.11. The summed E-state index contributed by atoms with van der Waals surface area (Å²) < 4.78 is 6.96. The maximum Gasteiger partial charge on any atom is 0.233 e. The van der Waals surface area contributed by atoms with Crippen molar-refractivity contribution in [1.82, 2.24) is 25.1 Å². The Balaban J connectivity index is 1.61. The molecule has 0 radical (unpaired) electrons. The van der Waals surface area contributed by atoms with Crippen molar-refractivity contribution >= 4 is 17.7 Å². The number of furan rings is 1. The highest BCUT2D eigenvalue weighted by molar-refractivity contribution is 7.99. The van der Waals surface area contributed by atoms with E-state index in [1.54, 1.807) is 10.9 Å². The first-order chi connectivity index (χ1) is 12.6. The van der Waals surface area contributed by atoms with Crippen LogP contribution in [0.2, 0.25) is 0 Å². The predicted molar refractivity (Wildman–Crippen MR) is 98.5 cm³/mol. The summed E-state index contributed by atoms with van der Waals surface area (Å²) in [6.45, 7) is 5.07. The van der Waals surface area contributed by atoms with E-state index in [0.717, 1.165) is 11.3 Å². The van der Waals surface area contributed by atoms with Crippen LogP contribution in [0.3, 0.4) is 0 Å². The van der Waals surface area contributed by atoms with E-state index in [1.165, 1.54) is 11.8 Å². The smallest absolute Gasteiger partial charge is 0.233 e. The monoisotopic (exact) mass is 371 g/mol. The second kappa shape index (κ2) is 8.66. The topological polar surface area (TPSA) is 77.1 Å². The summed E-state index contributed by atoms with van der Waals surface area (Å²) in [4.78, 5) is 14.6.